The summed E-state index contributed by atoms with van der Waals surface area (Å²) in [5.74, 6) is -0.134. The first kappa shape index (κ1) is 15.5. The maximum atomic E-state index is 13.1. The van der Waals surface area contributed by atoms with E-state index in [0.717, 1.165) is 30.5 Å². The summed E-state index contributed by atoms with van der Waals surface area (Å²) < 4.78 is 25.0. The number of nitrogens with zero attached hydrogens (tertiary/aromatic N) is 4. The van der Waals surface area contributed by atoms with Crippen molar-refractivity contribution in [3.8, 4) is 5.69 Å². The average Bonchev–Trinajstić information content (AvgIpc) is 3.30. The molecule has 0 spiro atoms. The molecule has 0 amide bonds. The van der Waals surface area contributed by atoms with Gasteiger partial charge in [-0.15, -0.1) is 0 Å². The minimum Gasteiger partial charge on any atom is -0.451 e. The Labute approximate surface area is 142 Å². The number of carbonyl (C=O) groups excluding carboxylic acids is 1. The van der Waals surface area contributed by atoms with Crippen molar-refractivity contribution in [3.05, 3.63) is 58.7 Å². The highest BCUT2D eigenvalue weighted by atomic mass is 19.1. The number of hydrogen-bond acceptors (Lipinski definition) is 6. The van der Waals surface area contributed by atoms with Gasteiger partial charge >= 0.3 is 5.97 Å². The van der Waals surface area contributed by atoms with Crippen LogP contribution >= 0.6 is 0 Å². The maximum Gasteiger partial charge on any atom is 0.359 e. The summed E-state index contributed by atoms with van der Waals surface area (Å²) in [6, 6.07) is 6.01. The summed E-state index contributed by atoms with van der Waals surface area (Å²) in [5, 5.41) is 8.05. The lowest BCUT2D eigenvalue weighted by Gasteiger charge is -2.05. The molecule has 128 valence electrons. The zero-order valence-electron chi connectivity index (χ0n) is 13.5. The summed E-state index contributed by atoms with van der Waals surface area (Å²) >= 11 is 0. The van der Waals surface area contributed by atoms with Crippen molar-refractivity contribution in [1.29, 1.82) is 0 Å². The summed E-state index contributed by atoms with van der Waals surface area (Å²) in [5.41, 5.74) is 2.85. The molecule has 25 heavy (non-hydrogen) atoms. The molecular formula is C17H15FN4O3. The minimum atomic E-state index is -0.533. The van der Waals surface area contributed by atoms with Crippen LogP contribution in [0.4, 0.5) is 4.39 Å². The minimum absolute atomic E-state index is 0.0994. The number of benzene rings is 1. The lowest BCUT2D eigenvalue weighted by Crippen LogP contribution is -2.09. The molecule has 0 unspecified atom stereocenters. The molecule has 0 atom stereocenters. The molecule has 1 aromatic carbocycles. The van der Waals surface area contributed by atoms with Crippen LogP contribution in [0.25, 0.3) is 5.69 Å². The van der Waals surface area contributed by atoms with E-state index in [9.17, 15) is 9.18 Å². The number of carbonyl (C=O) groups is 1. The monoisotopic (exact) mass is 342 g/mol. The Balaban J connectivity index is 1.60. The van der Waals surface area contributed by atoms with E-state index in [1.54, 1.807) is 23.7 Å². The number of aryl methyl sites for hydroxylation is 1. The van der Waals surface area contributed by atoms with Gasteiger partial charge in [0.05, 0.1) is 5.69 Å². The molecular weight excluding hydrogens is 327 g/mol. The Morgan fingerprint density at radius 1 is 1.32 bits per heavy atom. The van der Waals surface area contributed by atoms with Crippen LogP contribution in [0.15, 0.2) is 28.8 Å². The van der Waals surface area contributed by atoms with Gasteiger partial charge in [0, 0.05) is 11.3 Å². The molecule has 2 aromatic heterocycles. The van der Waals surface area contributed by atoms with Crippen molar-refractivity contribution in [2.24, 2.45) is 0 Å². The fourth-order valence-corrected chi connectivity index (χ4v) is 2.99. The number of rotatable bonds is 4. The molecule has 7 nitrogen and oxygen atoms in total. The van der Waals surface area contributed by atoms with E-state index < -0.39 is 5.97 Å². The Kier molecular flexibility index (Phi) is 3.79. The van der Waals surface area contributed by atoms with E-state index in [4.69, 9.17) is 9.26 Å². The van der Waals surface area contributed by atoms with Gasteiger partial charge in [-0.2, -0.15) is 10.1 Å². The summed E-state index contributed by atoms with van der Waals surface area (Å²) in [6.07, 6.45) is 2.52. The van der Waals surface area contributed by atoms with Gasteiger partial charge in [-0.3, -0.25) is 0 Å². The van der Waals surface area contributed by atoms with Gasteiger partial charge in [-0.05, 0) is 50.5 Å². The average molecular weight is 342 g/mol. The first-order valence-corrected chi connectivity index (χ1v) is 7.95. The Morgan fingerprint density at radius 3 is 2.84 bits per heavy atom. The molecule has 3 aromatic rings. The third kappa shape index (κ3) is 2.90. The first-order chi connectivity index (χ1) is 12.1. The van der Waals surface area contributed by atoms with Crippen molar-refractivity contribution in [1.82, 2.24) is 19.9 Å². The van der Waals surface area contributed by atoms with Crippen LogP contribution in [0, 0.1) is 12.7 Å². The molecule has 1 aliphatic rings. The number of hydrogen-bond donors (Lipinski definition) is 0. The maximum absolute atomic E-state index is 13.1. The van der Waals surface area contributed by atoms with Crippen LogP contribution in [-0.4, -0.2) is 25.9 Å². The van der Waals surface area contributed by atoms with E-state index in [2.05, 4.69) is 15.2 Å². The molecule has 1 aliphatic carbocycles. The summed E-state index contributed by atoms with van der Waals surface area (Å²) in [6.45, 7) is 1.59. The number of ether oxygens (including phenoxy) is 1. The van der Waals surface area contributed by atoms with Crippen molar-refractivity contribution < 1.29 is 18.4 Å². The van der Waals surface area contributed by atoms with Crippen LogP contribution in [0.3, 0.4) is 0 Å². The highest BCUT2D eigenvalue weighted by Crippen LogP contribution is 2.28. The van der Waals surface area contributed by atoms with Gasteiger partial charge in [0.25, 0.3) is 5.89 Å². The van der Waals surface area contributed by atoms with Crippen molar-refractivity contribution >= 4 is 5.97 Å². The highest BCUT2D eigenvalue weighted by molar-refractivity contribution is 5.89. The van der Waals surface area contributed by atoms with Crippen LogP contribution < -0.4 is 0 Å². The zero-order valence-corrected chi connectivity index (χ0v) is 13.5. The predicted molar refractivity (Wildman–Crippen MR) is 83.7 cm³/mol. The lowest BCUT2D eigenvalue weighted by atomic mass is 10.2. The van der Waals surface area contributed by atoms with E-state index in [1.165, 1.54) is 12.1 Å². The zero-order chi connectivity index (χ0) is 17.4. The third-order valence-electron chi connectivity index (χ3n) is 4.09. The van der Waals surface area contributed by atoms with E-state index >= 15 is 0 Å². The molecule has 0 aliphatic heterocycles. The van der Waals surface area contributed by atoms with E-state index in [1.807, 2.05) is 0 Å². The number of halogens is 1. The Hall–Kier alpha value is -3.03. The van der Waals surface area contributed by atoms with Crippen LogP contribution in [-0.2, 0) is 24.2 Å². The lowest BCUT2D eigenvalue weighted by molar-refractivity contribution is 0.0421. The van der Waals surface area contributed by atoms with Crippen LogP contribution in [0.1, 0.15) is 39.9 Å². The second kappa shape index (κ2) is 6.12. The van der Waals surface area contributed by atoms with Crippen molar-refractivity contribution in [3.63, 3.8) is 0 Å². The summed E-state index contributed by atoms with van der Waals surface area (Å²) in [4.78, 5) is 16.4. The quantitative estimate of drug-likeness (QED) is 0.678. The predicted octanol–water partition coefficient (Wildman–Crippen LogP) is 2.55. The van der Waals surface area contributed by atoms with Crippen molar-refractivity contribution in [2.45, 2.75) is 32.8 Å². The molecule has 0 radical (unpaired) electrons. The molecule has 0 fully saturated rings. The molecule has 0 N–H and O–H groups in total. The van der Waals surface area contributed by atoms with E-state index in [0.29, 0.717) is 11.5 Å². The highest BCUT2D eigenvalue weighted by Gasteiger charge is 2.28. The smallest absolute Gasteiger partial charge is 0.359 e. The Bertz CT molecular complexity index is 930. The Morgan fingerprint density at radius 2 is 2.12 bits per heavy atom. The second-order valence-electron chi connectivity index (χ2n) is 5.83. The molecule has 0 saturated heterocycles. The first-order valence-electron chi connectivity index (χ1n) is 7.95. The standard InChI is InChI=1S/C17H15FN4O3/c1-10-19-15(25-21-10)9-24-17(23)16-13-3-2-4-14(13)22(20-16)12-7-5-11(18)6-8-12/h5-8H,2-4,9H2,1H3. The molecule has 0 saturated carbocycles. The van der Waals surface area contributed by atoms with Gasteiger partial charge in [0.15, 0.2) is 18.1 Å². The SMILES string of the molecule is Cc1noc(COC(=O)c2nn(-c3ccc(F)cc3)c3c2CCC3)n1. The number of fused-ring (bicyclic) bond motifs is 1. The number of aromatic nitrogens is 4. The fraction of sp³-hybridized carbons (Fsp3) is 0.294. The van der Waals surface area contributed by atoms with Gasteiger partial charge in [-0.1, -0.05) is 5.16 Å². The van der Waals surface area contributed by atoms with Crippen LogP contribution in [0.2, 0.25) is 0 Å². The fourth-order valence-electron chi connectivity index (χ4n) is 2.99. The van der Waals surface area contributed by atoms with Crippen LogP contribution in [0.5, 0.6) is 0 Å². The van der Waals surface area contributed by atoms with Gasteiger partial charge in [0.1, 0.15) is 5.82 Å². The number of esters is 1. The molecule has 8 heteroatoms. The molecule has 2 heterocycles. The molecule has 4 rings (SSSR count). The largest absolute Gasteiger partial charge is 0.451 e. The van der Waals surface area contributed by atoms with Gasteiger partial charge < -0.3 is 9.26 Å². The van der Waals surface area contributed by atoms with Crippen molar-refractivity contribution in [2.75, 3.05) is 0 Å². The van der Waals surface area contributed by atoms with Gasteiger partial charge in [-0.25, -0.2) is 13.9 Å². The second-order valence-corrected chi connectivity index (χ2v) is 5.83. The van der Waals surface area contributed by atoms with E-state index in [-0.39, 0.29) is 24.0 Å². The third-order valence-corrected chi connectivity index (χ3v) is 4.09. The topological polar surface area (TPSA) is 83.0 Å². The van der Waals surface area contributed by atoms with Gasteiger partial charge in [0.2, 0.25) is 0 Å². The summed E-state index contributed by atoms with van der Waals surface area (Å²) in [7, 11) is 0. The molecule has 0 bridgehead atoms. The normalized spacial score (nSPS) is 13.0.